The zero-order valence-corrected chi connectivity index (χ0v) is 26.0. The standard InChI is InChI=1S/C32H39N3O4S2/c1-6-39-31(38)28-25-15-16-35(19-22-11-8-7-9-12-22)20-26(25)41-30(28)34-29(37)21(2)40-24-14-10-13-23(17-24)33-27(36)18-32(3,4)5/h7-14,17,21H,6,15-16,18-20H2,1-5H3,(H,33,36)(H,34,37). The maximum absolute atomic E-state index is 13.3. The summed E-state index contributed by atoms with van der Waals surface area (Å²) in [7, 11) is 0. The number of nitrogens with zero attached hydrogens (tertiary/aromatic N) is 1. The molecule has 41 heavy (non-hydrogen) atoms. The Kier molecular flexibility index (Phi) is 10.3. The summed E-state index contributed by atoms with van der Waals surface area (Å²) in [5.41, 5.74) is 3.31. The number of thiophene rings is 1. The van der Waals surface area contributed by atoms with Crippen molar-refractivity contribution in [3.8, 4) is 0 Å². The Hall–Kier alpha value is -3.14. The summed E-state index contributed by atoms with van der Waals surface area (Å²) >= 11 is 2.87. The van der Waals surface area contributed by atoms with E-state index in [9.17, 15) is 14.4 Å². The molecule has 7 nitrogen and oxygen atoms in total. The first-order valence-electron chi connectivity index (χ1n) is 14.0. The summed E-state index contributed by atoms with van der Waals surface area (Å²) in [5, 5.41) is 6.11. The maximum Gasteiger partial charge on any atom is 0.341 e. The fourth-order valence-electron chi connectivity index (χ4n) is 4.75. The first-order chi connectivity index (χ1) is 19.5. The Labute approximate surface area is 251 Å². The average Bonchev–Trinajstić information content (AvgIpc) is 3.25. The van der Waals surface area contributed by atoms with Crippen LogP contribution < -0.4 is 10.6 Å². The van der Waals surface area contributed by atoms with E-state index in [1.54, 1.807) is 6.92 Å². The number of anilines is 2. The smallest absolute Gasteiger partial charge is 0.341 e. The lowest BCUT2D eigenvalue weighted by Gasteiger charge is -2.27. The molecule has 9 heteroatoms. The van der Waals surface area contributed by atoms with Gasteiger partial charge in [-0.1, -0.05) is 57.2 Å². The summed E-state index contributed by atoms with van der Waals surface area (Å²) in [5.74, 6) is -0.626. The van der Waals surface area contributed by atoms with E-state index in [2.05, 4.69) is 27.7 Å². The Morgan fingerprint density at radius 3 is 2.54 bits per heavy atom. The second kappa shape index (κ2) is 13.7. The van der Waals surface area contributed by atoms with E-state index >= 15 is 0 Å². The van der Waals surface area contributed by atoms with Crippen molar-refractivity contribution in [2.24, 2.45) is 5.41 Å². The number of carbonyl (C=O) groups excluding carboxylic acids is 3. The zero-order valence-electron chi connectivity index (χ0n) is 24.4. The number of rotatable bonds is 10. The molecule has 218 valence electrons. The summed E-state index contributed by atoms with van der Waals surface area (Å²) in [4.78, 5) is 43.0. The Bertz CT molecular complexity index is 1380. The maximum atomic E-state index is 13.3. The third-order valence-corrected chi connectivity index (χ3v) is 8.82. The van der Waals surface area contributed by atoms with Crippen molar-refractivity contribution in [2.45, 2.75) is 70.7 Å². The van der Waals surface area contributed by atoms with Crippen LogP contribution in [-0.2, 0) is 33.8 Å². The molecule has 1 aliphatic rings. The van der Waals surface area contributed by atoms with Gasteiger partial charge in [-0.05, 0) is 55.0 Å². The van der Waals surface area contributed by atoms with Crippen LogP contribution in [0.3, 0.4) is 0 Å². The van der Waals surface area contributed by atoms with Gasteiger partial charge >= 0.3 is 5.97 Å². The number of esters is 1. The van der Waals surface area contributed by atoms with Gasteiger partial charge in [0.1, 0.15) is 5.00 Å². The lowest BCUT2D eigenvalue weighted by Crippen LogP contribution is -2.30. The number of nitrogens with one attached hydrogen (secondary N) is 2. The lowest BCUT2D eigenvalue weighted by molar-refractivity contribution is -0.118. The van der Waals surface area contributed by atoms with Gasteiger partial charge in [-0.15, -0.1) is 23.1 Å². The minimum Gasteiger partial charge on any atom is -0.462 e. The molecule has 2 heterocycles. The van der Waals surface area contributed by atoms with Crippen molar-refractivity contribution in [3.63, 3.8) is 0 Å². The van der Waals surface area contributed by atoms with E-state index < -0.39 is 11.2 Å². The van der Waals surface area contributed by atoms with Gasteiger partial charge in [-0.25, -0.2) is 4.79 Å². The number of fused-ring (bicyclic) bond motifs is 1. The van der Waals surface area contributed by atoms with E-state index in [0.29, 0.717) is 22.7 Å². The number of benzene rings is 2. The van der Waals surface area contributed by atoms with Crippen LogP contribution in [0, 0.1) is 5.41 Å². The summed E-state index contributed by atoms with van der Waals surface area (Å²) < 4.78 is 5.39. The molecule has 1 atom stereocenters. The van der Waals surface area contributed by atoms with Gasteiger partial charge in [0.15, 0.2) is 0 Å². The number of ether oxygens (including phenoxy) is 1. The van der Waals surface area contributed by atoms with E-state index in [-0.39, 0.29) is 23.8 Å². The molecule has 0 saturated carbocycles. The SMILES string of the molecule is CCOC(=O)c1c(NC(=O)C(C)Sc2cccc(NC(=O)CC(C)(C)C)c2)sc2c1CCN(Cc1ccccc1)C2. The van der Waals surface area contributed by atoms with E-state index in [0.717, 1.165) is 41.4 Å². The van der Waals surface area contributed by atoms with Crippen molar-refractivity contribution in [2.75, 3.05) is 23.8 Å². The number of hydrogen-bond acceptors (Lipinski definition) is 7. The predicted molar refractivity (Wildman–Crippen MR) is 168 cm³/mol. The summed E-state index contributed by atoms with van der Waals surface area (Å²) in [6.07, 6.45) is 1.14. The molecule has 2 N–H and O–H groups in total. The average molecular weight is 594 g/mol. The third-order valence-electron chi connectivity index (χ3n) is 6.59. The van der Waals surface area contributed by atoms with Gasteiger partial charge in [0.2, 0.25) is 11.8 Å². The molecule has 0 radical (unpaired) electrons. The van der Waals surface area contributed by atoms with Crippen molar-refractivity contribution < 1.29 is 19.1 Å². The number of amides is 2. The topological polar surface area (TPSA) is 87.7 Å². The first-order valence-corrected chi connectivity index (χ1v) is 15.7. The minimum atomic E-state index is -0.431. The normalized spacial score (nSPS) is 14.2. The van der Waals surface area contributed by atoms with Gasteiger partial charge in [-0.3, -0.25) is 14.5 Å². The Balaban J connectivity index is 1.45. The highest BCUT2D eigenvalue weighted by atomic mass is 32.2. The summed E-state index contributed by atoms with van der Waals surface area (Å²) in [6.45, 7) is 12.3. The predicted octanol–water partition coefficient (Wildman–Crippen LogP) is 6.98. The monoisotopic (exact) mass is 593 g/mol. The highest BCUT2D eigenvalue weighted by molar-refractivity contribution is 8.00. The lowest BCUT2D eigenvalue weighted by atomic mass is 9.92. The molecule has 2 amide bonds. The molecule has 1 aliphatic heterocycles. The molecule has 0 fully saturated rings. The molecule has 0 spiro atoms. The van der Waals surface area contributed by atoms with Gasteiger partial charge in [-0.2, -0.15) is 0 Å². The number of thioether (sulfide) groups is 1. The highest BCUT2D eigenvalue weighted by Gasteiger charge is 2.30. The van der Waals surface area contributed by atoms with Crippen LogP contribution >= 0.6 is 23.1 Å². The van der Waals surface area contributed by atoms with Crippen LogP contribution in [0.4, 0.5) is 10.7 Å². The van der Waals surface area contributed by atoms with E-state index in [4.69, 9.17) is 4.74 Å². The minimum absolute atomic E-state index is 0.0408. The van der Waals surface area contributed by atoms with Crippen LogP contribution in [0.15, 0.2) is 59.5 Å². The van der Waals surface area contributed by atoms with Crippen LogP contribution in [-0.4, -0.2) is 41.1 Å². The molecule has 0 saturated heterocycles. The molecule has 4 rings (SSSR count). The van der Waals surface area contributed by atoms with Crippen LogP contribution in [0.2, 0.25) is 0 Å². The Morgan fingerprint density at radius 1 is 1.07 bits per heavy atom. The van der Waals surface area contributed by atoms with Crippen LogP contribution in [0.25, 0.3) is 0 Å². The van der Waals surface area contributed by atoms with Crippen molar-refractivity contribution >= 4 is 51.6 Å². The van der Waals surface area contributed by atoms with Crippen molar-refractivity contribution in [3.05, 3.63) is 76.2 Å². The zero-order chi connectivity index (χ0) is 29.6. The van der Waals surface area contributed by atoms with Crippen molar-refractivity contribution in [1.82, 2.24) is 4.90 Å². The van der Waals surface area contributed by atoms with Gasteiger partial charge in [0, 0.05) is 41.5 Å². The van der Waals surface area contributed by atoms with E-state index in [1.165, 1.54) is 28.7 Å². The second-order valence-corrected chi connectivity index (χ2v) is 14.0. The van der Waals surface area contributed by atoms with Crippen LogP contribution in [0.1, 0.15) is 67.4 Å². The molecular formula is C32H39N3O4S2. The fraction of sp³-hybridized carbons (Fsp3) is 0.406. The highest BCUT2D eigenvalue weighted by Crippen LogP contribution is 2.39. The number of hydrogen-bond donors (Lipinski definition) is 2. The molecule has 1 aromatic heterocycles. The second-order valence-electron chi connectivity index (χ2n) is 11.4. The molecule has 0 bridgehead atoms. The molecule has 0 aliphatic carbocycles. The Morgan fingerprint density at radius 2 is 1.83 bits per heavy atom. The fourth-order valence-corrected chi connectivity index (χ4v) is 6.95. The number of carbonyl (C=O) groups is 3. The van der Waals surface area contributed by atoms with E-state index in [1.807, 2.05) is 70.2 Å². The first kappa shape index (κ1) is 30.8. The largest absolute Gasteiger partial charge is 0.462 e. The molecule has 1 unspecified atom stereocenters. The summed E-state index contributed by atoms with van der Waals surface area (Å²) in [6, 6.07) is 17.8. The van der Waals surface area contributed by atoms with Gasteiger partial charge < -0.3 is 15.4 Å². The molecule has 3 aromatic rings. The van der Waals surface area contributed by atoms with Crippen molar-refractivity contribution in [1.29, 1.82) is 0 Å². The molecular weight excluding hydrogens is 555 g/mol. The molecule has 2 aromatic carbocycles. The van der Waals surface area contributed by atoms with Crippen LogP contribution in [0.5, 0.6) is 0 Å². The van der Waals surface area contributed by atoms with Gasteiger partial charge in [0.05, 0.1) is 17.4 Å². The van der Waals surface area contributed by atoms with Gasteiger partial charge in [0.25, 0.3) is 0 Å². The quantitative estimate of drug-likeness (QED) is 0.195. The third kappa shape index (κ3) is 8.67.